The van der Waals surface area contributed by atoms with E-state index in [0.29, 0.717) is 37.3 Å². The first-order chi connectivity index (χ1) is 13.4. The lowest BCUT2D eigenvalue weighted by Gasteiger charge is -2.31. The van der Waals surface area contributed by atoms with Gasteiger partial charge in [0.25, 0.3) is 0 Å². The van der Waals surface area contributed by atoms with Gasteiger partial charge in [-0.05, 0) is 36.5 Å². The number of fused-ring (bicyclic) bond motifs is 1. The van der Waals surface area contributed by atoms with Crippen LogP contribution in [0, 0.1) is 10.5 Å². The molecule has 0 unspecified atom stereocenters. The van der Waals surface area contributed by atoms with E-state index in [2.05, 4.69) is 10.3 Å². The predicted octanol–water partition coefficient (Wildman–Crippen LogP) is 5.63. The average molecular weight is 429 g/mol. The molecule has 0 aliphatic carbocycles. The van der Waals surface area contributed by atoms with E-state index in [1.165, 1.54) is 6.07 Å². The summed E-state index contributed by atoms with van der Waals surface area (Å²) in [6.07, 6.45) is -3.34. The Morgan fingerprint density at radius 2 is 2.00 bits per heavy atom. The molecule has 0 radical (unpaired) electrons. The minimum atomic E-state index is -4.66. The van der Waals surface area contributed by atoms with Crippen LogP contribution in [0.15, 0.2) is 18.2 Å². The van der Waals surface area contributed by atoms with Crippen molar-refractivity contribution in [2.24, 2.45) is 5.41 Å². The topological polar surface area (TPSA) is 45.2 Å². The second-order valence-electron chi connectivity index (χ2n) is 8.36. The highest BCUT2D eigenvalue weighted by Crippen LogP contribution is 2.40. The number of carbonyl (C=O) groups is 1. The largest absolute Gasteiger partial charge is 0.420 e. The lowest BCUT2D eigenvalue weighted by Crippen LogP contribution is -2.30. The average Bonchev–Trinajstić information content (AvgIpc) is 2.96. The van der Waals surface area contributed by atoms with Crippen LogP contribution in [-0.2, 0) is 23.9 Å². The molecular formula is C20H23F4N3OS. The van der Waals surface area contributed by atoms with Crippen molar-refractivity contribution in [2.45, 2.75) is 52.8 Å². The standard InChI is InChI=1S/C20H23F4N3OS/c1-19(2,3)10-17(28)26-18-13(20(22,23)24)9-15-14(25-18)5-4-8-27(15)11-12-6-7-16(21)29-12/h6-7,9H,4-5,8,10-11H2,1-3H3,(H,25,26,28). The summed E-state index contributed by atoms with van der Waals surface area (Å²) in [7, 11) is 0. The van der Waals surface area contributed by atoms with E-state index in [1.807, 2.05) is 20.8 Å². The molecule has 3 heterocycles. The van der Waals surface area contributed by atoms with Crippen molar-refractivity contribution >= 4 is 28.7 Å². The van der Waals surface area contributed by atoms with E-state index in [-0.39, 0.29) is 17.0 Å². The predicted molar refractivity (Wildman–Crippen MR) is 106 cm³/mol. The van der Waals surface area contributed by atoms with Gasteiger partial charge < -0.3 is 10.2 Å². The molecule has 0 atom stereocenters. The fourth-order valence-corrected chi connectivity index (χ4v) is 4.06. The summed E-state index contributed by atoms with van der Waals surface area (Å²) >= 11 is 0.975. The first-order valence-electron chi connectivity index (χ1n) is 9.32. The maximum atomic E-state index is 13.7. The van der Waals surface area contributed by atoms with E-state index in [4.69, 9.17) is 0 Å². The molecule has 29 heavy (non-hydrogen) atoms. The molecule has 0 bridgehead atoms. The third kappa shape index (κ3) is 5.46. The summed E-state index contributed by atoms with van der Waals surface area (Å²) in [5.41, 5.74) is -0.440. The van der Waals surface area contributed by atoms with Gasteiger partial charge in [0.2, 0.25) is 5.91 Å². The third-order valence-corrected chi connectivity index (χ3v) is 5.35. The number of thiophene rings is 1. The van der Waals surface area contributed by atoms with Gasteiger partial charge in [-0.2, -0.15) is 17.6 Å². The van der Waals surface area contributed by atoms with E-state index in [1.54, 1.807) is 11.0 Å². The minimum absolute atomic E-state index is 0.0825. The number of halogens is 4. The van der Waals surface area contributed by atoms with Crippen LogP contribution >= 0.6 is 11.3 Å². The molecule has 0 saturated heterocycles. The number of hydrogen-bond acceptors (Lipinski definition) is 4. The lowest BCUT2D eigenvalue weighted by atomic mass is 9.92. The van der Waals surface area contributed by atoms with E-state index in [0.717, 1.165) is 22.3 Å². The zero-order chi connectivity index (χ0) is 21.4. The lowest BCUT2D eigenvalue weighted by molar-refractivity contribution is -0.137. The van der Waals surface area contributed by atoms with Crippen molar-refractivity contribution in [3.8, 4) is 0 Å². The molecule has 2 aromatic rings. The number of aromatic nitrogens is 1. The summed E-state index contributed by atoms with van der Waals surface area (Å²) in [6.45, 7) is 6.38. The first-order valence-corrected chi connectivity index (χ1v) is 10.1. The highest BCUT2D eigenvalue weighted by Gasteiger charge is 2.37. The van der Waals surface area contributed by atoms with Crippen LogP contribution in [0.25, 0.3) is 0 Å². The highest BCUT2D eigenvalue weighted by atomic mass is 32.1. The zero-order valence-electron chi connectivity index (χ0n) is 16.5. The van der Waals surface area contributed by atoms with Gasteiger partial charge in [0, 0.05) is 17.8 Å². The van der Waals surface area contributed by atoms with Crippen LogP contribution in [0.1, 0.15) is 49.7 Å². The Labute approximate surface area is 170 Å². The number of pyridine rings is 1. The van der Waals surface area contributed by atoms with Crippen LogP contribution in [0.3, 0.4) is 0 Å². The molecule has 1 amide bonds. The number of alkyl halides is 3. The number of hydrogen-bond donors (Lipinski definition) is 1. The highest BCUT2D eigenvalue weighted by molar-refractivity contribution is 7.10. The van der Waals surface area contributed by atoms with Crippen LogP contribution in [0.4, 0.5) is 29.1 Å². The van der Waals surface area contributed by atoms with Crippen molar-refractivity contribution in [1.29, 1.82) is 0 Å². The minimum Gasteiger partial charge on any atom is -0.365 e. The molecule has 158 valence electrons. The fourth-order valence-electron chi connectivity index (χ4n) is 3.31. The Balaban J connectivity index is 1.94. The van der Waals surface area contributed by atoms with Crippen LogP contribution in [0.5, 0.6) is 0 Å². The Hall–Kier alpha value is -2.16. The van der Waals surface area contributed by atoms with Gasteiger partial charge in [-0.15, -0.1) is 11.3 Å². The van der Waals surface area contributed by atoms with Crippen molar-refractivity contribution in [3.05, 3.63) is 39.5 Å². The monoisotopic (exact) mass is 429 g/mol. The Morgan fingerprint density at radius 1 is 1.28 bits per heavy atom. The molecule has 0 spiro atoms. The van der Waals surface area contributed by atoms with Crippen molar-refractivity contribution in [1.82, 2.24) is 4.98 Å². The number of aryl methyl sites for hydroxylation is 1. The smallest absolute Gasteiger partial charge is 0.365 e. The summed E-state index contributed by atoms with van der Waals surface area (Å²) in [5, 5.41) is 2.03. The van der Waals surface area contributed by atoms with Gasteiger partial charge >= 0.3 is 6.18 Å². The summed E-state index contributed by atoms with van der Waals surface area (Å²) < 4.78 is 54.4. The van der Waals surface area contributed by atoms with Crippen LogP contribution in [0.2, 0.25) is 0 Å². The molecule has 1 N–H and O–H groups in total. The molecule has 1 aliphatic rings. The number of rotatable bonds is 4. The molecule has 0 aromatic carbocycles. The van der Waals surface area contributed by atoms with E-state index < -0.39 is 23.5 Å². The van der Waals surface area contributed by atoms with Crippen LogP contribution < -0.4 is 10.2 Å². The Morgan fingerprint density at radius 3 is 2.59 bits per heavy atom. The number of anilines is 2. The fraction of sp³-hybridized carbons (Fsp3) is 0.500. The van der Waals surface area contributed by atoms with E-state index in [9.17, 15) is 22.4 Å². The van der Waals surface area contributed by atoms with E-state index >= 15 is 0 Å². The molecule has 9 heteroatoms. The molecule has 4 nitrogen and oxygen atoms in total. The van der Waals surface area contributed by atoms with Crippen molar-refractivity contribution in [3.63, 3.8) is 0 Å². The molecule has 1 aliphatic heterocycles. The second kappa shape index (κ2) is 7.93. The number of carbonyl (C=O) groups excluding carboxylic acids is 1. The Kier molecular flexibility index (Phi) is 5.89. The summed E-state index contributed by atoms with van der Waals surface area (Å²) in [4.78, 5) is 18.9. The van der Waals surface area contributed by atoms with Crippen molar-refractivity contribution < 1.29 is 22.4 Å². The SMILES string of the molecule is CC(C)(C)CC(=O)Nc1nc2c(cc1C(F)(F)F)N(Cc1ccc(F)s1)CCC2. The Bertz CT molecular complexity index is 902. The molecule has 2 aromatic heterocycles. The maximum Gasteiger partial charge on any atom is 0.420 e. The summed E-state index contributed by atoms with van der Waals surface area (Å²) in [6, 6.07) is 4.03. The van der Waals surface area contributed by atoms with Gasteiger partial charge in [-0.3, -0.25) is 4.79 Å². The number of amides is 1. The normalized spacial score (nSPS) is 14.7. The van der Waals surface area contributed by atoms with Crippen LogP contribution in [-0.4, -0.2) is 17.4 Å². The third-order valence-electron chi connectivity index (χ3n) is 4.49. The maximum absolute atomic E-state index is 13.7. The first kappa shape index (κ1) is 21.5. The zero-order valence-corrected chi connectivity index (χ0v) is 17.3. The van der Waals surface area contributed by atoms with Crippen molar-refractivity contribution in [2.75, 3.05) is 16.8 Å². The molecular weight excluding hydrogens is 406 g/mol. The number of nitrogens with zero attached hydrogens (tertiary/aromatic N) is 2. The molecule has 3 rings (SSSR count). The van der Waals surface area contributed by atoms with Gasteiger partial charge in [0.15, 0.2) is 5.13 Å². The molecule has 0 fully saturated rings. The molecule has 0 saturated carbocycles. The van der Waals surface area contributed by atoms with Gasteiger partial charge in [-0.1, -0.05) is 20.8 Å². The second-order valence-corrected chi connectivity index (χ2v) is 9.48. The summed E-state index contributed by atoms with van der Waals surface area (Å²) in [5.74, 6) is -0.952. The van der Waals surface area contributed by atoms with Gasteiger partial charge in [0.05, 0.1) is 17.9 Å². The van der Waals surface area contributed by atoms with Gasteiger partial charge in [-0.25, -0.2) is 4.98 Å². The van der Waals surface area contributed by atoms with Gasteiger partial charge in [0.1, 0.15) is 11.4 Å². The number of nitrogens with one attached hydrogen (secondary N) is 1. The quantitative estimate of drug-likeness (QED) is 0.641.